The van der Waals surface area contributed by atoms with Gasteiger partial charge in [-0.15, -0.1) is 0 Å². The molecule has 0 saturated heterocycles. The minimum atomic E-state index is -0.232. The molecule has 2 aromatic carbocycles. The molecule has 3 heteroatoms. The topological polar surface area (TPSA) is 41.1 Å². The summed E-state index contributed by atoms with van der Waals surface area (Å²) in [6.07, 6.45) is 2.01. The monoisotopic (exact) mass is 311 g/mol. The van der Waals surface area contributed by atoms with Crippen molar-refractivity contribution in [2.24, 2.45) is 0 Å². The van der Waals surface area contributed by atoms with Crippen LogP contribution in [0.5, 0.6) is 0 Å². The fourth-order valence-corrected chi connectivity index (χ4v) is 3.19. The van der Waals surface area contributed by atoms with Gasteiger partial charge in [0, 0.05) is 11.8 Å². The van der Waals surface area contributed by atoms with Gasteiger partial charge in [0.05, 0.1) is 23.4 Å². The lowest BCUT2D eigenvalue weighted by Crippen LogP contribution is -1.98. The lowest BCUT2D eigenvalue weighted by Gasteiger charge is -2.08. The summed E-state index contributed by atoms with van der Waals surface area (Å²) in [5.41, 5.74) is 4.93. The van der Waals surface area contributed by atoms with E-state index in [0.29, 0.717) is 0 Å². The summed E-state index contributed by atoms with van der Waals surface area (Å²) in [6.45, 7) is 3.98. The van der Waals surface area contributed by atoms with E-state index in [1.807, 2.05) is 35.7 Å². The zero-order chi connectivity index (χ0) is 16.7. The van der Waals surface area contributed by atoms with E-state index in [2.05, 4.69) is 49.4 Å². The standard InChI is InChI=1S/C21H17N3/c1-14-9-10-24-19(11-14)23-20(21(24)15(2)13-22)18-8-7-16-5-3-4-6-17(16)12-18/h3-12,15H,1-2H3. The number of imidazole rings is 1. The van der Waals surface area contributed by atoms with E-state index in [1.165, 1.54) is 10.8 Å². The summed E-state index contributed by atoms with van der Waals surface area (Å²) in [5, 5.41) is 11.9. The van der Waals surface area contributed by atoms with Gasteiger partial charge in [0.25, 0.3) is 0 Å². The maximum absolute atomic E-state index is 9.47. The van der Waals surface area contributed by atoms with Crippen molar-refractivity contribution < 1.29 is 0 Å². The number of hydrogen-bond acceptors (Lipinski definition) is 2. The third-order valence-electron chi connectivity index (χ3n) is 4.45. The molecule has 0 saturated carbocycles. The number of benzene rings is 2. The smallest absolute Gasteiger partial charge is 0.137 e. The fraction of sp³-hybridized carbons (Fsp3) is 0.143. The number of rotatable bonds is 2. The second-order valence-electron chi connectivity index (χ2n) is 6.19. The van der Waals surface area contributed by atoms with Gasteiger partial charge in [-0.3, -0.25) is 0 Å². The molecule has 3 nitrogen and oxygen atoms in total. The highest BCUT2D eigenvalue weighted by molar-refractivity contribution is 5.87. The number of fused-ring (bicyclic) bond motifs is 2. The molecule has 4 aromatic rings. The van der Waals surface area contributed by atoms with Crippen LogP contribution < -0.4 is 0 Å². The Morgan fingerprint density at radius 1 is 1.04 bits per heavy atom. The van der Waals surface area contributed by atoms with Gasteiger partial charge in [0.2, 0.25) is 0 Å². The van der Waals surface area contributed by atoms with Crippen molar-refractivity contribution in [3.05, 3.63) is 72.1 Å². The Kier molecular flexibility index (Phi) is 3.32. The van der Waals surface area contributed by atoms with Crippen LogP contribution in [-0.4, -0.2) is 9.38 Å². The van der Waals surface area contributed by atoms with Gasteiger partial charge in [-0.25, -0.2) is 4.98 Å². The van der Waals surface area contributed by atoms with Crippen LogP contribution in [0.15, 0.2) is 60.8 Å². The zero-order valence-corrected chi connectivity index (χ0v) is 13.7. The summed E-state index contributed by atoms with van der Waals surface area (Å²) in [7, 11) is 0. The molecule has 24 heavy (non-hydrogen) atoms. The maximum Gasteiger partial charge on any atom is 0.137 e. The van der Waals surface area contributed by atoms with Crippen LogP contribution in [0.1, 0.15) is 24.1 Å². The van der Waals surface area contributed by atoms with Gasteiger partial charge >= 0.3 is 0 Å². The molecular weight excluding hydrogens is 294 g/mol. The third kappa shape index (κ3) is 2.24. The van der Waals surface area contributed by atoms with E-state index in [-0.39, 0.29) is 5.92 Å². The van der Waals surface area contributed by atoms with Crippen molar-refractivity contribution in [1.82, 2.24) is 9.38 Å². The molecule has 0 aliphatic heterocycles. The number of hydrogen-bond donors (Lipinski definition) is 0. The SMILES string of the molecule is Cc1ccn2c(C(C)C#N)c(-c3ccc4ccccc4c3)nc2c1. The predicted molar refractivity (Wildman–Crippen MR) is 96.9 cm³/mol. The van der Waals surface area contributed by atoms with Crippen LogP contribution in [-0.2, 0) is 0 Å². The van der Waals surface area contributed by atoms with Crippen LogP contribution in [0, 0.1) is 18.3 Å². The molecule has 116 valence electrons. The molecule has 0 aliphatic carbocycles. The summed E-state index contributed by atoms with van der Waals surface area (Å²) >= 11 is 0. The number of pyridine rings is 1. The molecule has 0 bridgehead atoms. The van der Waals surface area contributed by atoms with Gasteiger partial charge in [-0.1, -0.05) is 36.4 Å². The van der Waals surface area contributed by atoms with Crippen molar-refractivity contribution in [2.45, 2.75) is 19.8 Å². The van der Waals surface area contributed by atoms with Crippen LogP contribution in [0.2, 0.25) is 0 Å². The Balaban J connectivity index is 2.02. The Hall–Kier alpha value is -3.12. The third-order valence-corrected chi connectivity index (χ3v) is 4.45. The average molecular weight is 311 g/mol. The van der Waals surface area contributed by atoms with E-state index in [9.17, 15) is 5.26 Å². The zero-order valence-electron chi connectivity index (χ0n) is 13.7. The summed E-state index contributed by atoms with van der Waals surface area (Å²) in [4.78, 5) is 4.83. The van der Waals surface area contributed by atoms with Crippen molar-refractivity contribution in [3.63, 3.8) is 0 Å². The first-order valence-corrected chi connectivity index (χ1v) is 8.05. The second-order valence-corrected chi connectivity index (χ2v) is 6.19. The van der Waals surface area contributed by atoms with Crippen molar-refractivity contribution in [3.8, 4) is 17.3 Å². The molecule has 0 fully saturated rings. The van der Waals surface area contributed by atoms with E-state index >= 15 is 0 Å². The highest BCUT2D eigenvalue weighted by atomic mass is 15.0. The number of nitriles is 1. The molecule has 0 amide bonds. The Bertz CT molecular complexity index is 1100. The highest BCUT2D eigenvalue weighted by Gasteiger charge is 2.19. The van der Waals surface area contributed by atoms with Gasteiger partial charge in [-0.2, -0.15) is 5.26 Å². The van der Waals surface area contributed by atoms with E-state index < -0.39 is 0 Å². The lowest BCUT2D eigenvalue weighted by molar-refractivity contribution is 0.899. The molecule has 4 rings (SSSR count). The van der Waals surface area contributed by atoms with Crippen molar-refractivity contribution in [1.29, 1.82) is 5.26 Å². The van der Waals surface area contributed by atoms with Gasteiger partial charge in [-0.05, 0) is 48.4 Å². The lowest BCUT2D eigenvalue weighted by atomic mass is 10.00. The van der Waals surface area contributed by atoms with Crippen LogP contribution in [0.25, 0.3) is 27.7 Å². The number of aryl methyl sites for hydroxylation is 1. The van der Waals surface area contributed by atoms with Crippen LogP contribution >= 0.6 is 0 Å². The first-order chi connectivity index (χ1) is 11.7. The summed E-state index contributed by atoms with van der Waals surface area (Å²) in [5.74, 6) is -0.232. The largest absolute Gasteiger partial charge is 0.302 e. The van der Waals surface area contributed by atoms with Crippen molar-refractivity contribution in [2.75, 3.05) is 0 Å². The summed E-state index contributed by atoms with van der Waals surface area (Å²) in [6, 6.07) is 21.1. The molecule has 2 aromatic heterocycles. The van der Waals surface area contributed by atoms with E-state index in [1.54, 1.807) is 0 Å². The predicted octanol–water partition coefficient (Wildman–Crippen LogP) is 5.09. The molecule has 2 heterocycles. The van der Waals surface area contributed by atoms with Crippen molar-refractivity contribution >= 4 is 16.4 Å². The number of aromatic nitrogens is 2. The Morgan fingerprint density at radius 3 is 2.62 bits per heavy atom. The van der Waals surface area contributed by atoms with Crippen LogP contribution in [0.3, 0.4) is 0 Å². The van der Waals surface area contributed by atoms with Gasteiger partial charge < -0.3 is 4.40 Å². The Labute approximate surface area is 140 Å². The van der Waals surface area contributed by atoms with Gasteiger partial charge in [0.1, 0.15) is 5.65 Å². The Morgan fingerprint density at radius 2 is 1.83 bits per heavy atom. The minimum Gasteiger partial charge on any atom is -0.302 e. The van der Waals surface area contributed by atoms with Gasteiger partial charge in [0.15, 0.2) is 0 Å². The molecule has 0 radical (unpaired) electrons. The molecule has 0 N–H and O–H groups in total. The molecule has 0 aliphatic rings. The first-order valence-electron chi connectivity index (χ1n) is 8.05. The quantitative estimate of drug-likeness (QED) is 0.517. The number of nitrogens with zero attached hydrogens (tertiary/aromatic N) is 3. The summed E-state index contributed by atoms with van der Waals surface area (Å²) < 4.78 is 2.03. The molecule has 0 spiro atoms. The fourth-order valence-electron chi connectivity index (χ4n) is 3.19. The van der Waals surface area contributed by atoms with E-state index in [4.69, 9.17) is 4.98 Å². The molecule has 1 unspecified atom stereocenters. The normalized spacial score (nSPS) is 12.4. The van der Waals surface area contributed by atoms with Crippen LogP contribution in [0.4, 0.5) is 0 Å². The average Bonchev–Trinajstić information content (AvgIpc) is 2.99. The van der Waals surface area contributed by atoms with E-state index in [0.717, 1.165) is 28.2 Å². The second kappa shape index (κ2) is 5.50. The first kappa shape index (κ1) is 14.5. The molecule has 1 atom stereocenters. The highest BCUT2D eigenvalue weighted by Crippen LogP contribution is 2.32. The maximum atomic E-state index is 9.47. The molecular formula is C21H17N3. The minimum absolute atomic E-state index is 0.232.